The third-order valence-electron chi connectivity index (χ3n) is 8.09. The van der Waals surface area contributed by atoms with E-state index in [4.69, 9.17) is 14.5 Å². The Labute approximate surface area is 238 Å². The van der Waals surface area contributed by atoms with Gasteiger partial charge in [-0.3, -0.25) is 9.69 Å². The average molecular weight is 549 g/mol. The number of aryl methyl sites for hydroxylation is 2. The Morgan fingerprint density at radius 1 is 1.15 bits per heavy atom. The monoisotopic (exact) mass is 548 g/mol. The highest BCUT2D eigenvalue weighted by molar-refractivity contribution is 6.06. The summed E-state index contributed by atoms with van der Waals surface area (Å²) in [5, 5.41) is 6.40. The van der Waals surface area contributed by atoms with Crippen molar-refractivity contribution in [3.63, 3.8) is 0 Å². The van der Waals surface area contributed by atoms with Gasteiger partial charge in [0.15, 0.2) is 0 Å². The van der Waals surface area contributed by atoms with Crippen LogP contribution >= 0.6 is 0 Å². The molecule has 4 heterocycles. The van der Waals surface area contributed by atoms with Crippen LogP contribution in [0.4, 0.5) is 11.5 Å². The number of rotatable bonds is 10. The van der Waals surface area contributed by atoms with E-state index < -0.39 is 17.1 Å². The molecule has 0 radical (unpaired) electrons. The third-order valence-corrected chi connectivity index (χ3v) is 8.09. The lowest BCUT2D eigenvalue weighted by atomic mass is 9.80. The number of hydrogen-bond donors (Lipinski definition) is 2. The Balaban J connectivity index is 1.13. The van der Waals surface area contributed by atoms with Crippen LogP contribution in [-0.4, -0.2) is 59.7 Å². The molecule has 8 nitrogen and oxygen atoms in total. The molecule has 1 aromatic heterocycles. The second kappa shape index (κ2) is 11.5. The molecule has 2 N–H and O–H groups in total. The van der Waals surface area contributed by atoms with Gasteiger partial charge >= 0.3 is 5.97 Å². The van der Waals surface area contributed by atoms with Crippen LogP contribution in [0.5, 0.6) is 0 Å². The minimum Gasteiger partial charge on any atom is -0.459 e. The van der Waals surface area contributed by atoms with Crippen molar-refractivity contribution in [2.24, 2.45) is 0 Å². The van der Waals surface area contributed by atoms with E-state index in [1.165, 1.54) is 12.0 Å². The van der Waals surface area contributed by atoms with E-state index in [0.717, 1.165) is 67.0 Å². The molecule has 1 aromatic carbocycles. The van der Waals surface area contributed by atoms with Crippen LogP contribution in [0, 0.1) is 0 Å². The zero-order valence-corrected chi connectivity index (χ0v) is 24.6. The zero-order valence-electron chi connectivity index (χ0n) is 24.6. The summed E-state index contributed by atoms with van der Waals surface area (Å²) in [5.41, 5.74) is 3.64. The number of hydrogen-bond acceptors (Lipinski definition) is 7. The van der Waals surface area contributed by atoms with Crippen molar-refractivity contribution in [1.29, 1.82) is 0 Å². The van der Waals surface area contributed by atoms with Crippen LogP contribution in [0.15, 0.2) is 30.3 Å². The van der Waals surface area contributed by atoms with E-state index in [2.05, 4.69) is 27.7 Å². The predicted molar refractivity (Wildman–Crippen MR) is 157 cm³/mol. The van der Waals surface area contributed by atoms with Crippen LogP contribution < -0.4 is 10.6 Å². The second-order valence-electron chi connectivity index (χ2n) is 12.9. The summed E-state index contributed by atoms with van der Waals surface area (Å²) >= 11 is 0. The molecule has 40 heavy (non-hydrogen) atoms. The Hall–Kier alpha value is -2.97. The maximum Gasteiger partial charge on any atom is 0.328 e. The van der Waals surface area contributed by atoms with Gasteiger partial charge in [-0.1, -0.05) is 24.6 Å². The Kier molecular flexibility index (Phi) is 8.20. The Morgan fingerprint density at radius 3 is 2.73 bits per heavy atom. The minimum atomic E-state index is -0.724. The fourth-order valence-electron chi connectivity index (χ4n) is 5.95. The topological polar surface area (TPSA) is 92.8 Å². The number of carbonyl (C=O) groups is 2. The van der Waals surface area contributed by atoms with Crippen LogP contribution in [0.25, 0.3) is 0 Å². The Morgan fingerprint density at radius 2 is 1.95 bits per heavy atom. The number of nitrogens with one attached hydrogen (secondary N) is 2. The molecule has 8 heteroatoms. The van der Waals surface area contributed by atoms with E-state index in [0.29, 0.717) is 19.7 Å². The van der Waals surface area contributed by atoms with Crippen molar-refractivity contribution in [3.8, 4) is 0 Å². The lowest BCUT2D eigenvalue weighted by Crippen LogP contribution is -2.56. The van der Waals surface area contributed by atoms with Crippen molar-refractivity contribution >= 4 is 23.4 Å². The van der Waals surface area contributed by atoms with Crippen molar-refractivity contribution in [1.82, 2.24) is 9.88 Å². The van der Waals surface area contributed by atoms with Crippen molar-refractivity contribution in [2.45, 2.75) is 96.3 Å². The average Bonchev–Trinajstić information content (AvgIpc) is 3.11. The van der Waals surface area contributed by atoms with Crippen LogP contribution in [0.1, 0.15) is 88.7 Å². The van der Waals surface area contributed by atoms with Crippen LogP contribution in [0.2, 0.25) is 0 Å². The van der Waals surface area contributed by atoms with Gasteiger partial charge in [-0.25, -0.2) is 9.78 Å². The number of fused-ring (bicyclic) bond motifs is 2. The number of ether oxygens (including phenoxy) is 2. The highest BCUT2D eigenvalue weighted by atomic mass is 16.6. The molecule has 1 unspecified atom stereocenters. The molecule has 1 atom stereocenters. The van der Waals surface area contributed by atoms with Gasteiger partial charge in [0.25, 0.3) is 0 Å². The van der Waals surface area contributed by atoms with Crippen molar-refractivity contribution in [3.05, 3.63) is 52.7 Å². The van der Waals surface area contributed by atoms with E-state index in [1.807, 2.05) is 52.8 Å². The highest BCUT2D eigenvalue weighted by Gasteiger charge is 2.46. The minimum absolute atomic E-state index is 0.0539. The Bertz CT molecular complexity index is 1250. The number of anilines is 2. The summed E-state index contributed by atoms with van der Waals surface area (Å²) in [7, 11) is 0. The van der Waals surface area contributed by atoms with Gasteiger partial charge in [0.1, 0.15) is 17.5 Å². The molecule has 3 aliphatic rings. The lowest BCUT2D eigenvalue weighted by Gasteiger charge is -2.44. The standard InChI is InChI=1S/C32H44N4O4/c1-31(2,3)40-29(37)27(24-13-9-14-25-26(24)32(4,5)30(38)35-25)36-19-23(20-36)39-18-8-6-7-12-22-16-15-21-11-10-17-33-28(21)34-22/h9,13-16,23,27H,6-8,10-12,17-20H2,1-5H3,(H,33,34)(H,35,38). The van der Waals surface area contributed by atoms with Gasteiger partial charge < -0.3 is 20.1 Å². The number of carbonyl (C=O) groups excluding carboxylic acids is 2. The number of esters is 1. The molecule has 0 aliphatic carbocycles. The number of pyridine rings is 1. The maximum absolute atomic E-state index is 13.5. The molecule has 1 saturated heterocycles. The van der Waals surface area contributed by atoms with Crippen molar-refractivity contribution in [2.75, 3.05) is 36.9 Å². The summed E-state index contributed by atoms with van der Waals surface area (Å²) in [6.07, 6.45) is 6.56. The SMILES string of the molecule is CC(C)(C)OC(=O)C(c1cccc2c1C(C)(C)C(=O)N2)N1CC(OCCCCCc2ccc3c(n2)NCCC3)C1. The summed E-state index contributed by atoms with van der Waals surface area (Å²) < 4.78 is 12.0. The molecule has 3 aliphatic heterocycles. The number of aromatic nitrogens is 1. The maximum atomic E-state index is 13.5. The molecule has 2 aromatic rings. The number of unbranched alkanes of at least 4 members (excludes halogenated alkanes) is 2. The summed E-state index contributed by atoms with van der Waals surface area (Å²) in [4.78, 5) is 33.1. The molecule has 0 bridgehead atoms. The quantitative estimate of drug-likeness (QED) is 0.313. The predicted octanol–water partition coefficient (Wildman–Crippen LogP) is 5.17. The van der Waals surface area contributed by atoms with Crippen LogP contribution in [-0.2, 0) is 37.3 Å². The molecular weight excluding hydrogens is 504 g/mol. The largest absolute Gasteiger partial charge is 0.459 e. The van der Waals surface area contributed by atoms with Gasteiger partial charge in [0, 0.05) is 37.6 Å². The summed E-state index contributed by atoms with van der Waals surface area (Å²) in [6, 6.07) is 9.56. The van der Waals surface area contributed by atoms with Gasteiger partial charge in [-0.15, -0.1) is 0 Å². The van der Waals surface area contributed by atoms with Gasteiger partial charge in [0.05, 0.1) is 11.5 Å². The summed E-state index contributed by atoms with van der Waals surface area (Å²) in [5.74, 6) is 0.723. The molecule has 0 saturated carbocycles. The molecule has 5 rings (SSSR count). The van der Waals surface area contributed by atoms with E-state index >= 15 is 0 Å². The van der Waals surface area contributed by atoms with E-state index in [1.54, 1.807) is 0 Å². The lowest BCUT2D eigenvalue weighted by molar-refractivity contribution is -0.168. The van der Waals surface area contributed by atoms with E-state index in [-0.39, 0.29) is 18.0 Å². The smallest absolute Gasteiger partial charge is 0.328 e. The fourth-order valence-corrected chi connectivity index (χ4v) is 5.95. The number of amides is 1. The first kappa shape index (κ1) is 28.6. The first-order valence-electron chi connectivity index (χ1n) is 14.8. The zero-order chi connectivity index (χ0) is 28.5. The van der Waals surface area contributed by atoms with Gasteiger partial charge in [-0.05, 0) is 95.5 Å². The third kappa shape index (κ3) is 6.18. The highest BCUT2D eigenvalue weighted by Crippen LogP contribution is 2.44. The van der Waals surface area contributed by atoms with Gasteiger partial charge in [-0.2, -0.15) is 0 Å². The van der Waals surface area contributed by atoms with Crippen molar-refractivity contribution < 1.29 is 19.1 Å². The second-order valence-corrected chi connectivity index (χ2v) is 12.9. The molecule has 1 fully saturated rings. The molecule has 216 valence electrons. The fraction of sp³-hybridized carbons (Fsp3) is 0.594. The molecule has 1 amide bonds. The summed E-state index contributed by atoms with van der Waals surface area (Å²) in [6.45, 7) is 12.5. The number of likely N-dealkylation sites (tertiary alicyclic amines) is 1. The molecular formula is C32H44N4O4. The van der Waals surface area contributed by atoms with E-state index in [9.17, 15) is 9.59 Å². The number of nitrogens with zero attached hydrogens (tertiary/aromatic N) is 2. The van der Waals surface area contributed by atoms with Gasteiger partial charge in [0.2, 0.25) is 5.91 Å². The normalized spacial score (nSPS) is 19.2. The first-order valence-corrected chi connectivity index (χ1v) is 14.8. The molecule has 0 spiro atoms. The van der Waals surface area contributed by atoms with Crippen LogP contribution in [0.3, 0.4) is 0 Å². The number of benzene rings is 1. The first-order chi connectivity index (χ1) is 19.0.